The molecule has 0 atom stereocenters. The van der Waals surface area contributed by atoms with E-state index in [1.165, 1.54) is 0 Å². The van der Waals surface area contributed by atoms with E-state index in [1.807, 2.05) is 12.3 Å². The van der Waals surface area contributed by atoms with Crippen molar-refractivity contribution in [3.05, 3.63) is 36.5 Å². The van der Waals surface area contributed by atoms with E-state index in [1.54, 1.807) is 6.20 Å². The SMILES string of the molecule is CN(C)C(NC[CH]c1cccnc1)N(C)C. The Bertz CT molecular complexity index is 276. The zero-order chi connectivity index (χ0) is 12.0. The van der Waals surface area contributed by atoms with E-state index >= 15 is 0 Å². The van der Waals surface area contributed by atoms with Crippen molar-refractivity contribution in [3.63, 3.8) is 0 Å². The number of nitrogens with zero attached hydrogens (tertiary/aromatic N) is 3. The summed E-state index contributed by atoms with van der Waals surface area (Å²) in [6, 6.07) is 4.00. The van der Waals surface area contributed by atoms with Gasteiger partial charge < -0.3 is 0 Å². The molecule has 0 aliphatic heterocycles. The van der Waals surface area contributed by atoms with Gasteiger partial charge in [0.25, 0.3) is 0 Å². The van der Waals surface area contributed by atoms with Crippen molar-refractivity contribution in [2.75, 3.05) is 34.7 Å². The predicted octanol–water partition coefficient (Wildman–Crippen LogP) is 0.630. The Balaban J connectivity index is 2.34. The third-order valence-electron chi connectivity index (χ3n) is 2.30. The lowest BCUT2D eigenvalue weighted by Crippen LogP contribution is -2.51. The summed E-state index contributed by atoms with van der Waals surface area (Å²) in [5.41, 5.74) is 1.14. The maximum atomic E-state index is 4.07. The molecule has 4 heteroatoms. The fourth-order valence-electron chi connectivity index (χ4n) is 1.61. The minimum Gasteiger partial charge on any atom is -0.289 e. The quantitative estimate of drug-likeness (QED) is 0.714. The van der Waals surface area contributed by atoms with Gasteiger partial charge in [-0.1, -0.05) is 6.07 Å². The van der Waals surface area contributed by atoms with Gasteiger partial charge in [0.2, 0.25) is 0 Å². The summed E-state index contributed by atoms with van der Waals surface area (Å²) in [4.78, 5) is 8.34. The van der Waals surface area contributed by atoms with Crippen molar-refractivity contribution < 1.29 is 0 Å². The van der Waals surface area contributed by atoms with E-state index in [9.17, 15) is 0 Å². The second kappa shape index (κ2) is 6.58. The van der Waals surface area contributed by atoms with Crippen molar-refractivity contribution >= 4 is 0 Å². The molecule has 0 saturated heterocycles. The van der Waals surface area contributed by atoms with E-state index in [0.29, 0.717) is 0 Å². The first kappa shape index (κ1) is 13.1. The number of rotatable bonds is 6. The number of hydrogen-bond donors (Lipinski definition) is 1. The molecule has 1 radical (unpaired) electrons. The molecule has 0 spiro atoms. The van der Waals surface area contributed by atoms with Crippen LogP contribution in [-0.4, -0.2) is 55.8 Å². The van der Waals surface area contributed by atoms with Crippen molar-refractivity contribution in [2.45, 2.75) is 6.29 Å². The minimum absolute atomic E-state index is 0.243. The molecule has 0 fully saturated rings. The van der Waals surface area contributed by atoms with Gasteiger partial charge in [0.1, 0.15) is 6.29 Å². The average Bonchev–Trinajstić information content (AvgIpc) is 2.24. The Labute approximate surface area is 98.3 Å². The first-order valence-corrected chi connectivity index (χ1v) is 5.40. The van der Waals surface area contributed by atoms with Crippen LogP contribution in [-0.2, 0) is 0 Å². The summed E-state index contributed by atoms with van der Waals surface area (Å²) in [7, 11) is 8.23. The fourth-order valence-corrected chi connectivity index (χ4v) is 1.61. The molecule has 16 heavy (non-hydrogen) atoms. The number of aromatic nitrogens is 1. The third kappa shape index (κ3) is 4.26. The predicted molar refractivity (Wildman–Crippen MR) is 66.8 cm³/mol. The summed E-state index contributed by atoms with van der Waals surface area (Å²) in [6.07, 6.45) is 6.02. The van der Waals surface area contributed by atoms with Crippen LogP contribution in [0.5, 0.6) is 0 Å². The molecule has 0 unspecified atom stereocenters. The highest BCUT2D eigenvalue weighted by Gasteiger charge is 2.11. The lowest BCUT2D eigenvalue weighted by Gasteiger charge is -2.31. The Morgan fingerprint density at radius 3 is 2.50 bits per heavy atom. The fraction of sp³-hybridized carbons (Fsp3) is 0.500. The Morgan fingerprint density at radius 1 is 1.31 bits per heavy atom. The second-order valence-corrected chi connectivity index (χ2v) is 4.20. The first-order chi connectivity index (χ1) is 7.61. The van der Waals surface area contributed by atoms with Crippen molar-refractivity contribution in [1.29, 1.82) is 0 Å². The van der Waals surface area contributed by atoms with Crippen LogP contribution in [0.2, 0.25) is 0 Å². The molecule has 1 rings (SSSR count). The van der Waals surface area contributed by atoms with Crippen molar-refractivity contribution in [1.82, 2.24) is 20.1 Å². The van der Waals surface area contributed by atoms with Gasteiger partial charge in [-0.25, -0.2) is 0 Å². The van der Waals surface area contributed by atoms with Gasteiger partial charge in [0, 0.05) is 25.4 Å². The van der Waals surface area contributed by atoms with Crippen LogP contribution < -0.4 is 5.32 Å². The summed E-state index contributed by atoms with van der Waals surface area (Å²) in [6.45, 7) is 0.826. The topological polar surface area (TPSA) is 31.4 Å². The largest absolute Gasteiger partial charge is 0.289 e. The Hall–Kier alpha value is -0.970. The molecule has 0 aliphatic rings. The average molecular weight is 221 g/mol. The lowest BCUT2D eigenvalue weighted by molar-refractivity contribution is 0.0987. The Morgan fingerprint density at radius 2 is 2.00 bits per heavy atom. The van der Waals surface area contributed by atoms with Crippen LogP contribution in [0, 0.1) is 6.42 Å². The van der Waals surface area contributed by atoms with Crippen LogP contribution in [0.25, 0.3) is 0 Å². The van der Waals surface area contributed by atoms with E-state index in [4.69, 9.17) is 0 Å². The standard InChI is InChI=1S/C12H21N4/c1-15(2)12(16(3)4)14-9-7-11-6-5-8-13-10-11/h5-8,10,12,14H,9H2,1-4H3. The smallest absolute Gasteiger partial charge is 0.116 e. The monoisotopic (exact) mass is 221 g/mol. The highest BCUT2D eigenvalue weighted by atomic mass is 15.4. The first-order valence-electron chi connectivity index (χ1n) is 5.40. The summed E-state index contributed by atoms with van der Waals surface area (Å²) >= 11 is 0. The minimum atomic E-state index is 0.243. The number of pyridine rings is 1. The van der Waals surface area contributed by atoms with Crippen molar-refractivity contribution in [2.24, 2.45) is 0 Å². The third-order valence-corrected chi connectivity index (χ3v) is 2.30. The van der Waals surface area contributed by atoms with Crippen LogP contribution in [0.1, 0.15) is 5.56 Å². The van der Waals surface area contributed by atoms with Gasteiger partial charge in [0.15, 0.2) is 0 Å². The molecular formula is C12H21N4. The highest BCUT2D eigenvalue weighted by Crippen LogP contribution is 1.99. The molecule has 1 N–H and O–H groups in total. The number of nitrogens with one attached hydrogen (secondary N) is 1. The summed E-state index contributed by atoms with van der Waals surface area (Å²) in [5.74, 6) is 0. The van der Waals surface area contributed by atoms with Gasteiger partial charge >= 0.3 is 0 Å². The van der Waals surface area contributed by atoms with E-state index in [2.05, 4.69) is 60.8 Å². The molecule has 0 aliphatic carbocycles. The van der Waals surface area contributed by atoms with Gasteiger partial charge in [0.05, 0.1) is 0 Å². The van der Waals surface area contributed by atoms with Crippen LogP contribution in [0.4, 0.5) is 0 Å². The number of hydrogen-bond acceptors (Lipinski definition) is 4. The zero-order valence-electron chi connectivity index (χ0n) is 10.5. The van der Waals surface area contributed by atoms with E-state index in [-0.39, 0.29) is 6.29 Å². The van der Waals surface area contributed by atoms with Gasteiger partial charge in [-0.3, -0.25) is 20.1 Å². The maximum Gasteiger partial charge on any atom is 0.116 e. The zero-order valence-corrected chi connectivity index (χ0v) is 10.5. The molecule has 1 aromatic heterocycles. The Kier molecular flexibility index (Phi) is 5.38. The van der Waals surface area contributed by atoms with Gasteiger partial charge in [-0.15, -0.1) is 0 Å². The van der Waals surface area contributed by atoms with E-state index < -0.39 is 0 Å². The van der Waals surface area contributed by atoms with Crippen LogP contribution in [0.15, 0.2) is 24.5 Å². The molecule has 89 valence electrons. The van der Waals surface area contributed by atoms with E-state index in [0.717, 1.165) is 12.1 Å². The van der Waals surface area contributed by atoms with Crippen LogP contribution in [0.3, 0.4) is 0 Å². The summed E-state index contributed by atoms with van der Waals surface area (Å²) in [5, 5.41) is 3.44. The van der Waals surface area contributed by atoms with Gasteiger partial charge in [-0.2, -0.15) is 0 Å². The molecule has 1 heterocycles. The second-order valence-electron chi connectivity index (χ2n) is 4.20. The summed E-state index contributed by atoms with van der Waals surface area (Å²) < 4.78 is 0. The molecule has 0 aromatic carbocycles. The van der Waals surface area contributed by atoms with Crippen molar-refractivity contribution in [3.8, 4) is 0 Å². The van der Waals surface area contributed by atoms with Gasteiger partial charge in [-0.05, 0) is 39.8 Å². The molecule has 0 amide bonds. The maximum absolute atomic E-state index is 4.07. The molecule has 0 saturated carbocycles. The molecule has 0 bridgehead atoms. The molecular weight excluding hydrogens is 200 g/mol. The highest BCUT2D eigenvalue weighted by molar-refractivity contribution is 5.18. The molecule has 4 nitrogen and oxygen atoms in total. The normalized spacial score (nSPS) is 11.7. The van der Waals surface area contributed by atoms with Crippen LogP contribution >= 0.6 is 0 Å². The lowest BCUT2D eigenvalue weighted by atomic mass is 10.2. The molecule has 1 aromatic rings.